The minimum atomic E-state index is -0.0309. The molecule has 0 bridgehead atoms. The van der Waals surface area contributed by atoms with Gasteiger partial charge >= 0.3 is 0 Å². The largest absolute Gasteiger partial charge is 0.361 e. The Morgan fingerprint density at radius 3 is 2.43 bits per heavy atom. The third-order valence-corrected chi connectivity index (χ3v) is 5.16. The number of thiazole rings is 1. The van der Waals surface area contributed by atoms with E-state index in [0.29, 0.717) is 11.6 Å². The minimum Gasteiger partial charge on any atom is -0.361 e. The van der Waals surface area contributed by atoms with Gasteiger partial charge in [0.25, 0.3) is 5.91 Å². The smallest absolute Gasteiger partial charge is 0.274 e. The Morgan fingerprint density at radius 2 is 1.91 bits per heavy atom. The van der Waals surface area contributed by atoms with Crippen LogP contribution in [0.2, 0.25) is 0 Å². The van der Waals surface area contributed by atoms with Crippen LogP contribution >= 0.6 is 11.3 Å². The fourth-order valence-corrected chi connectivity index (χ4v) is 3.66. The Hall–Kier alpha value is -2.02. The van der Waals surface area contributed by atoms with E-state index in [-0.39, 0.29) is 5.91 Å². The maximum Gasteiger partial charge on any atom is 0.274 e. The number of rotatable bonds is 3. The highest BCUT2D eigenvalue weighted by Crippen LogP contribution is 2.31. The number of carbonyl (C=O) groups excluding carboxylic acids is 1. The van der Waals surface area contributed by atoms with Gasteiger partial charge in [0, 0.05) is 44.2 Å². The molecule has 0 saturated carbocycles. The molecule has 1 aliphatic rings. The van der Waals surface area contributed by atoms with Crippen LogP contribution in [0.3, 0.4) is 0 Å². The first-order valence-corrected chi connectivity index (χ1v) is 8.57. The average Bonchev–Trinajstić information content (AvgIpc) is 3.01. The molecule has 1 saturated heterocycles. The molecular weight excluding hydrogens is 310 g/mol. The van der Waals surface area contributed by atoms with Crippen molar-refractivity contribution in [3.05, 3.63) is 34.2 Å². The normalized spacial score (nSPS) is 15.7. The first-order chi connectivity index (χ1) is 11.0. The van der Waals surface area contributed by atoms with Crippen molar-refractivity contribution in [2.45, 2.75) is 25.7 Å². The number of piperidine rings is 1. The molecule has 0 spiro atoms. The molecule has 6 nitrogen and oxygen atoms in total. The van der Waals surface area contributed by atoms with Gasteiger partial charge in [0.1, 0.15) is 11.5 Å². The van der Waals surface area contributed by atoms with Crippen molar-refractivity contribution in [1.29, 1.82) is 0 Å². The van der Waals surface area contributed by atoms with Crippen LogP contribution in [-0.2, 0) is 0 Å². The van der Waals surface area contributed by atoms with Crippen molar-refractivity contribution >= 4 is 23.1 Å². The zero-order valence-electron chi connectivity index (χ0n) is 13.7. The number of carbonyl (C=O) groups is 1. The van der Waals surface area contributed by atoms with Gasteiger partial charge in [-0.1, -0.05) is 0 Å². The lowest BCUT2D eigenvalue weighted by molar-refractivity contribution is 0.0706. The van der Waals surface area contributed by atoms with Crippen molar-refractivity contribution in [3.63, 3.8) is 0 Å². The quantitative estimate of drug-likeness (QED) is 0.864. The van der Waals surface area contributed by atoms with Crippen LogP contribution in [0.1, 0.15) is 39.1 Å². The zero-order valence-corrected chi connectivity index (χ0v) is 14.5. The van der Waals surface area contributed by atoms with E-state index < -0.39 is 0 Å². The molecule has 0 atom stereocenters. The van der Waals surface area contributed by atoms with Gasteiger partial charge in [0.15, 0.2) is 0 Å². The highest BCUT2D eigenvalue weighted by atomic mass is 32.1. The third kappa shape index (κ3) is 3.50. The molecule has 23 heavy (non-hydrogen) atoms. The standard InChI is InChI=1S/C16H21N5OS/c1-11-8-19-15(23-11)12-4-6-21(7-5-12)16(22)13-9-18-14(10-17-13)20(2)3/h8-10,12H,4-7H2,1-3H3. The molecule has 122 valence electrons. The van der Waals surface area contributed by atoms with Crippen LogP contribution in [0.15, 0.2) is 18.6 Å². The summed E-state index contributed by atoms with van der Waals surface area (Å²) in [5.74, 6) is 1.19. The van der Waals surface area contributed by atoms with Gasteiger partial charge in [-0.2, -0.15) is 0 Å². The summed E-state index contributed by atoms with van der Waals surface area (Å²) in [4.78, 5) is 30.5. The van der Waals surface area contributed by atoms with Gasteiger partial charge in [0.05, 0.1) is 17.4 Å². The molecule has 0 aliphatic carbocycles. The van der Waals surface area contributed by atoms with Crippen LogP contribution in [0.4, 0.5) is 5.82 Å². The van der Waals surface area contributed by atoms with Crippen LogP contribution in [-0.4, -0.2) is 52.9 Å². The van der Waals surface area contributed by atoms with E-state index in [2.05, 4.69) is 21.9 Å². The number of amides is 1. The van der Waals surface area contributed by atoms with E-state index in [4.69, 9.17) is 0 Å². The van der Waals surface area contributed by atoms with Gasteiger partial charge in [-0.15, -0.1) is 11.3 Å². The number of likely N-dealkylation sites (tertiary alicyclic amines) is 1. The fourth-order valence-electron chi connectivity index (χ4n) is 2.72. The SMILES string of the molecule is Cc1cnc(C2CCN(C(=O)c3cnc(N(C)C)cn3)CC2)s1. The summed E-state index contributed by atoms with van der Waals surface area (Å²) in [6, 6.07) is 0. The van der Waals surface area contributed by atoms with Gasteiger partial charge in [0.2, 0.25) is 0 Å². The fraction of sp³-hybridized carbons (Fsp3) is 0.500. The second-order valence-corrected chi connectivity index (χ2v) is 7.30. The Morgan fingerprint density at radius 1 is 1.17 bits per heavy atom. The summed E-state index contributed by atoms with van der Waals surface area (Å²) >= 11 is 1.76. The molecule has 1 aliphatic heterocycles. The van der Waals surface area contributed by atoms with Crippen molar-refractivity contribution in [2.75, 3.05) is 32.1 Å². The summed E-state index contributed by atoms with van der Waals surface area (Å²) in [5, 5.41) is 1.20. The van der Waals surface area contributed by atoms with Gasteiger partial charge in [-0.25, -0.2) is 15.0 Å². The predicted molar refractivity (Wildman–Crippen MR) is 91.1 cm³/mol. The second-order valence-electron chi connectivity index (χ2n) is 6.03. The lowest BCUT2D eigenvalue weighted by atomic mass is 9.97. The molecule has 7 heteroatoms. The molecule has 0 N–H and O–H groups in total. The Kier molecular flexibility index (Phi) is 4.56. The van der Waals surface area contributed by atoms with E-state index in [9.17, 15) is 4.79 Å². The molecule has 0 radical (unpaired) electrons. The van der Waals surface area contributed by atoms with Crippen LogP contribution < -0.4 is 4.90 Å². The molecule has 3 heterocycles. The Balaban J connectivity index is 1.61. The highest BCUT2D eigenvalue weighted by Gasteiger charge is 2.26. The van der Waals surface area contributed by atoms with Gasteiger partial charge < -0.3 is 9.80 Å². The number of anilines is 1. The van der Waals surface area contributed by atoms with E-state index in [1.54, 1.807) is 23.7 Å². The van der Waals surface area contributed by atoms with E-state index in [1.807, 2.05) is 30.1 Å². The Labute approximate surface area is 140 Å². The van der Waals surface area contributed by atoms with Crippen molar-refractivity contribution < 1.29 is 4.79 Å². The summed E-state index contributed by atoms with van der Waals surface area (Å²) in [6.45, 7) is 3.58. The summed E-state index contributed by atoms with van der Waals surface area (Å²) in [7, 11) is 3.80. The molecule has 2 aromatic heterocycles. The van der Waals surface area contributed by atoms with E-state index in [0.717, 1.165) is 31.7 Å². The first-order valence-electron chi connectivity index (χ1n) is 7.75. The van der Waals surface area contributed by atoms with Crippen LogP contribution in [0, 0.1) is 6.92 Å². The maximum atomic E-state index is 12.5. The van der Waals surface area contributed by atoms with E-state index in [1.165, 1.54) is 9.88 Å². The number of hydrogen-bond donors (Lipinski definition) is 0. The molecule has 3 rings (SSSR count). The molecule has 0 unspecified atom stereocenters. The third-order valence-electron chi connectivity index (χ3n) is 4.09. The van der Waals surface area contributed by atoms with Crippen molar-refractivity contribution in [1.82, 2.24) is 19.9 Å². The van der Waals surface area contributed by atoms with E-state index >= 15 is 0 Å². The topological polar surface area (TPSA) is 62.2 Å². The molecule has 2 aromatic rings. The first kappa shape index (κ1) is 15.9. The number of hydrogen-bond acceptors (Lipinski definition) is 6. The van der Waals surface area contributed by atoms with Gasteiger partial charge in [-0.05, 0) is 19.8 Å². The van der Waals surface area contributed by atoms with Crippen LogP contribution in [0.25, 0.3) is 0 Å². The average molecular weight is 331 g/mol. The molecular formula is C16H21N5OS. The van der Waals surface area contributed by atoms with Crippen molar-refractivity contribution in [3.8, 4) is 0 Å². The highest BCUT2D eigenvalue weighted by molar-refractivity contribution is 7.11. The summed E-state index contributed by atoms with van der Waals surface area (Å²) < 4.78 is 0. The summed E-state index contributed by atoms with van der Waals surface area (Å²) in [5.41, 5.74) is 0.416. The maximum absolute atomic E-state index is 12.5. The number of aryl methyl sites for hydroxylation is 1. The summed E-state index contributed by atoms with van der Waals surface area (Å²) in [6.07, 6.45) is 7.05. The molecule has 1 amide bonds. The lowest BCUT2D eigenvalue weighted by Gasteiger charge is -2.30. The second kappa shape index (κ2) is 6.62. The monoisotopic (exact) mass is 331 g/mol. The molecule has 0 aromatic carbocycles. The predicted octanol–water partition coefficient (Wildman–Crippen LogP) is 2.33. The van der Waals surface area contributed by atoms with Gasteiger partial charge in [-0.3, -0.25) is 4.79 Å². The zero-order chi connectivity index (χ0) is 16.4. The van der Waals surface area contributed by atoms with Crippen molar-refractivity contribution in [2.24, 2.45) is 0 Å². The Bertz CT molecular complexity index is 674. The lowest BCUT2D eigenvalue weighted by Crippen LogP contribution is -2.38. The van der Waals surface area contributed by atoms with Crippen LogP contribution in [0.5, 0.6) is 0 Å². The number of nitrogens with zero attached hydrogens (tertiary/aromatic N) is 5. The molecule has 1 fully saturated rings. The number of aromatic nitrogens is 3. The minimum absolute atomic E-state index is 0.0309.